The van der Waals surface area contributed by atoms with E-state index < -0.39 is 47.4 Å². The van der Waals surface area contributed by atoms with Gasteiger partial charge >= 0.3 is 6.09 Å². The van der Waals surface area contributed by atoms with E-state index in [4.69, 9.17) is 4.74 Å². The molecule has 32 heavy (non-hydrogen) atoms. The number of amides is 2. The minimum Gasteiger partial charge on any atom is -0.444 e. The Balaban J connectivity index is 1.70. The number of likely N-dealkylation sites (tertiary alicyclic amines) is 1. The normalized spacial score (nSPS) is 19.5. The van der Waals surface area contributed by atoms with Crippen LogP contribution in [0.15, 0.2) is 36.5 Å². The molecule has 0 saturated carbocycles. The molecule has 1 fully saturated rings. The number of carbonyl (C=O) groups excluding carboxylic acids is 2. The minimum absolute atomic E-state index is 0.00579. The van der Waals surface area contributed by atoms with E-state index in [9.17, 15) is 23.5 Å². The van der Waals surface area contributed by atoms with E-state index in [0.717, 1.165) is 12.1 Å². The second-order valence-corrected chi connectivity index (χ2v) is 8.84. The first-order valence-corrected chi connectivity index (χ1v) is 10.3. The summed E-state index contributed by atoms with van der Waals surface area (Å²) >= 11 is 0. The van der Waals surface area contributed by atoms with Gasteiger partial charge in [0.25, 0.3) is 0 Å². The van der Waals surface area contributed by atoms with Crippen LogP contribution in [0.4, 0.5) is 13.6 Å². The van der Waals surface area contributed by atoms with Gasteiger partial charge in [-0.2, -0.15) is 0 Å². The number of pyridine rings is 1. The van der Waals surface area contributed by atoms with Crippen LogP contribution in [0.25, 0.3) is 11.3 Å². The molecular weight excluding hydrogens is 420 g/mol. The molecule has 0 radical (unpaired) electrons. The van der Waals surface area contributed by atoms with Gasteiger partial charge in [-0.05, 0) is 51.5 Å². The Morgan fingerprint density at radius 1 is 1.22 bits per heavy atom. The molecule has 2 heterocycles. The molecule has 2 amide bonds. The molecule has 2 aromatic rings. The molecule has 0 aliphatic carbocycles. The molecule has 0 spiro atoms. The average Bonchev–Trinajstić information content (AvgIpc) is 3.09. The number of hydrogen-bond acceptors (Lipinski definition) is 5. The number of aliphatic hydroxyl groups is 1. The molecule has 3 atom stereocenters. The van der Waals surface area contributed by atoms with E-state index in [1.165, 1.54) is 23.2 Å². The van der Waals surface area contributed by atoms with Gasteiger partial charge in [-0.15, -0.1) is 0 Å². The molecule has 1 saturated heterocycles. The number of nitrogens with zero attached hydrogens (tertiary/aromatic N) is 2. The van der Waals surface area contributed by atoms with E-state index in [0.29, 0.717) is 5.56 Å². The number of carbonyl (C=O) groups is 2. The fourth-order valence-electron chi connectivity index (χ4n) is 3.53. The van der Waals surface area contributed by atoms with Crippen molar-refractivity contribution in [1.82, 2.24) is 15.2 Å². The lowest BCUT2D eigenvalue weighted by atomic mass is 10.1. The van der Waals surface area contributed by atoms with Gasteiger partial charge in [0.15, 0.2) is 0 Å². The van der Waals surface area contributed by atoms with E-state index >= 15 is 0 Å². The molecule has 2 N–H and O–H groups in total. The zero-order valence-corrected chi connectivity index (χ0v) is 18.4. The van der Waals surface area contributed by atoms with Gasteiger partial charge in [0.05, 0.1) is 29.9 Å². The van der Waals surface area contributed by atoms with Crippen LogP contribution in [0.2, 0.25) is 0 Å². The molecule has 1 aromatic heterocycles. The molecule has 1 aliphatic rings. The summed E-state index contributed by atoms with van der Waals surface area (Å²) in [5.41, 5.74) is -0.202. The van der Waals surface area contributed by atoms with Crippen molar-refractivity contribution in [3.63, 3.8) is 0 Å². The number of halogens is 2. The molecule has 0 bridgehead atoms. The Labute approximate surface area is 185 Å². The molecule has 1 aromatic carbocycles. The van der Waals surface area contributed by atoms with E-state index in [-0.39, 0.29) is 24.2 Å². The largest absolute Gasteiger partial charge is 0.444 e. The first-order valence-electron chi connectivity index (χ1n) is 10.3. The standard InChI is InChI=1S/C23H27F2N3O4/c1-13(14-8-9-18(26-11-14)20-16(24)6-5-7-17(20)25)27-21(30)19-10-15(29)12-28(19)22(31)32-23(2,3)4/h5-9,11,13,15,19,29H,10,12H2,1-4H3,(H,27,30)/t13-,15+,19-/m0/s1. The first-order chi connectivity index (χ1) is 15.0. The van der Waals surface area contributed by atoms with Crippen LogP contribution in [0.3, 0.4) is 0 Å². The molecule has 3 rings (SSSR count). The van der Waals surface area contributed by atoms with Gasteiger partial charge in [0.2, 0.25) is 5.91 Å². The molecule has 172 valence electrons. The second kappa shape index (κ2) is 9.20. The van der Waals surface area contributed by atoms with Crippen molar-refractivity contribution in [2.24, 2.45) is 0 Å². The van der Waals surface area contributed by atoms with Gasteiger partial charge < -0.3 is 15.2 Å². The maximum absolute atomic E-state index is 14.0. The highest BCUT2D eigenvalue weighted by molar-refractivity contribution is 5.86. The molecule has 7 nitrogen and oxygen atoms in total. The van der Waals surface area contributed by atoms with Crippen molar-refractivity contribution < 1.29 is 28.2 Å². The fourth-order valence-corrected chi connectivity index (χ4v) is 3.53. The number of hydrogen-bond donors (Lipinski definition) is 2. The van der Waals surface area contributed by atoms with Crippen LogP contribution >= 0.6 is 0 Å². The Morgan fingerprint density at radius 2 is 1.88 bits per heavy atom. The van der Waals surface area contributed by atoms with Crippen molar-refractivity contribution in [1.29, 1.82) is 0 Å². The number of benzene rings is 1. The number of rotatable bonds is 4. The molecular formula is C23H27F2N3O4. The zero-order chi connectivity index (χ0) is 23.6. The van der Waals surface area contributed by atoms with Gasteiger partial charge in [0, 0.05) is 12.6 Å². The lowest BCUT2D eigenvalue weighted by molar-refractivity contribution is -0.126. The summed E-state index contributed by atoms with van der Waals surface area (Å²) in [6.07, 6.45) is 0.0352. The third kappa shape index (κ3) is 5.40. The van der Waals surface area contributed by atoms with Crippen molar-refractivity contribution in [3.05, 3.63) is 53.7 Å². The Bertz CT molecular complexity index is 971. The van der Waals surface area contributed by atoms with Crippen molar-refractivity contribution in [3.8, 4) is 11.3 Å². The Kier molecular flexibility index (Phi) is 6.78. The smallest absolute Gasteiger partial charge is 0.411 e. The predicted octanol–water partition coefficient (Wildman–Crippen LogP) is 3.57. The van der Waals surface area contributed by atoms with Gasteiger partial charge in [0.1, 0.15) is 23.3 Å². The number of ether oxygens (including phenoxy) is 1. The lowest BCUT2D eigenvalue weighted by Gasteiger charge is -2.28. The summed E-state index contributed by atoms with van der Waals surface area (Å²) in [6, 6.07) is 5.32. The number of nitrogens with one attached hydrogen (secondary N) is 1. The SMILES string of the molecule is C[C@H](NC(=O)[C@@H]1C[C@@H](O)CN1C(=O)OC(C)(C)C)c1ccc(-c2c(F)cccc2F)nc1. The summed E-state index contributed by atoms with van der Waals surface area (Å²) in [4.78, 5) is 30.6. The fraction of sp³-hybridized carbons (Fsp3) is 0.435. The van der Waals surface area contributed by atoms with Gasteiger partial charge in [-0.1, -0.05) is 12.1 Å². The topological polar surface area (TPSA) is 91.8 Å². The van der Waals surface area contributed by atoms with E-state index in [1.807, 2.05) is 0 Å². The van der Waals surface area contributed by atoms with E-state index in [1.54, 1.807) is 33.8 Å². The predicted molar refractivity (Wildman–Crippen MR) is 113 cm³/mol. The molecule has 0 unspecified atom stereocenters. The Morgan fingerprint density at radius 3 is 2.44 bits per heavy atom. The Hall–Kier alpha value is -3.07. The number of β-amino-alcohol motifs (C(OH)–C–C–N with tert-alkyl or cyclic N) is 1. The quantitative estimate of drug-likeness (QED) is 0.748. The van der Waals surface area contributed by atoms with Crippen molar-refractivity contribution in [2.45, 2.75) is 57.9 Å². The average molecular weight is 447 g/mol. The van der Waals surface area contributed by atoms with Gasteiger partial charge in [-0.3, -0.25) is 14.7 Å². The molecule has 9 heteroatoms. The van der Waals surface area contributed by atoms with E-state index in [2.05, 4.69) is 10.3 Å². The van der Waals surface area contributed by atoms with Crippen LogP contribution in [-0.2, 0) is 9.53 Å². The van der Waals surface area contributed by atoms with Crippen LogP contribution in [0, 0.1) is 11.6 Å². The lowest BCUT2D eigenvalue weighted by Crippen LogP contribution is -2.48. The van der Waals surface area contributed by atoms with Crippen molar-refractivity contribution >= 4 is 12.0 Å². The summed E-state index contributed by atoms with van der Waals surface area (Å²) in [5, 5.41) is 12.8. The second-order valence-electron chi connectivity index (χ2n) is 8.84. The zero-order valence-electron chi connectivity index (χ0n) is 18.4. The maximum atomic E-state index is 14.0. The third-order valence-corrected chi connectivity index (χ3v) is 5.07. The third-order valence-electron chi connectivity index (χ3n) is 5.07. The summed E-state index contributed by atoms with van der Waals surface area (Å²) in [7, 11) is 0. The highest BCUT2D eigenvalue weighted by Gasteiger charge is 2.41. The minimum atomic E-state index is -0.873. The van der Waals surface area contributed by atoms with Crippen LogP contribution in [-0.4, -0.2) is 51.3 Å². The van der Waals surface area contributed by atoms with Crippen molar-refractivity contribution in [2.75, 3.05) is 6.54 Å². The first kappa shape index (κ1) is 23.6. The summed E-state index contributed by atoms with van der Waals surface area (Å²) in [6.45, 7) is 6.89. The van der Waals surface area contributed by atoms with Crippen LogP contribution in [0.5, 0.6) is 0 Å². The number of aliphatic hydroxyl groups excluding tert-OH is 1. The summed E-state index contributed by atoms with van der Waals surface area (Å²) < 4.78 is 33.3. The maximum Gasteiger partial charge on any atom is 0.411 e. The van der Waals surface area contributed by atoms with Crippen LogP contribution in [0.1, 0.15) is 45.7 Å². The van der Waals surface area contributed by atoms with Crippen LogP contribution < -0.4 is 5.32 Å². The highest BCUT2D eigenvalue weighted by atomic mass is 19.1. The molecule has 1 aliphatic heterocycles. The highest BCUT2D eigenvalue weighted by Crippen LogP contribution is 2.26. The number of aromatic nitrogens is 1. The summed E-state index contributed by atoms with van der Waals surface area (Å²) in [5.74, 6) is -1.87. The van der Waals surface area contributed by atoms with Gasteiger partial charge in [-0.25, -0.2) is 13.6 Å². The monoisotopic (exact) mass is 447 g/mol.